The number of hydrogen-bond donors (Lipinski definition) is 1. The van der Waals surface area contributed by atoms with Gasteiger partial charge in [0.2, 0.25) is 5.91 Å². The number of hydrogen-bond acceptors (Lipinski definition) is 5. The van der Waals surface area contributed by atoms with Crippen LogP contribution in [0.4, 0.5) is 5.82 Å². The van der Waals surface area contributed by atoms with Crippen LogP contribution in [-0.2, 0) is 4.79 Å². The Balaban J connectivity index is 1.63. The molecule has 1 aliphatic rings. The van der Waals surface area contributed by atoms with E-state index in [9.17, 15) is 4.79 Å². The molecule has 0 aliphatic carbocycles. The zero-order valence-electron chi connectivity index (χ0n) is 14.7. The van der Waals surface area contributed by atoms with Gasteiger partial charge in [0.15, 0.2) is 16.6 Å². The summed E-state index contributed by atoms with van der Waals surface area (Å²) in [6, 6.07) is 2.10. The molecule has 3 aromatic rings. The normalized spacial score (nSPS) is 15.6. The molecule has 136 valence electrons. The number of halogens is 1. The van der Waals surface area contributed by atoms with E-state index in [2.05, 4.69) is 15.4 Å². The minimum Gasteiger partial charge on any atom is -0.441 e. The van der Waals surface area contributed by atoms with Crippen LogP contribution in [0.5, 0.6) is 0 Å². The molecule has 0 bridgehead atoms. The fourth-order valence-corrected chi connectivity index (χ4v) is 3.71. The van der Waals surface area contributed by atoms with E-state index >= 15 is 0 Å². The van der Waals surface area contributed by atoms with Crippen LogP contribution in [0.3, 0.4) is 0 Å². The summed E-state index contributed by atoms with van der Waals surface area (Å²) in [5, 5.41) is 8.80. The summed E-state index contributed by atoms with van der Waals surface area (Å²) >= 11 is 6.06. The minimum atomic E-state index is 0.138. The van der Waals surface area contributed by atoms with Crippen molar-refractivity contribution in [1.29, 1.82) is 0 Å². The Morgan fingerprint density at radius 2 is 2.12 bits per heavy atom. The van der Waals surface area contributed by atoms with E-state index in [0.717, 1.165) is 42.4 Å². The van der Waals surface area contributed by atoms with E-state index in [1.54, 1.807) is 26.2 Å². The number of anilines is 1. The molecule has 1 amide bonds. The van der Waals surface area contributed by atoms with Gasteiger partial charge in [-0.3, -0.25) is 9.48 Å². The number of furan rings is 1. The molecule has 0 spiro atoms. The topological polar surface area (TPSA) is 76.2 Å². The lowest BCUT2D eigenvalue weighted by Gasteiger charge is -2.31. The Kier molecular flexibility index (Phi) is 4.32. The number of likely N-dealkylation sites (tertiary alicyclic amines) is 1. The Bertz CT molecular complexity index is 956. The van der Waals surface area contributed by atoms with Gasteiger partial charge in [-0.2, -0.15) is 5.10 Å². The van der Waals surface area contributed by atoms with E-state index in [0.29, 0.717) is 22.7 Å². The molecule has 4 heterocycles. The minimum absolute atomic E-state index is 0.138. The first-order valence-electron chi connectivity index (χ1n) is 8.62. The second-order valence-electron chi connectivity index (χ2n) is 6.51. The summed E-state index contributed by atoms with van der Waals surface area (Å²) < 4.78 is 7.58. The van der Waals surface area contributed by atoms with Gasteiger partial charge in [0.05, 0.1) is 12.2 Å². The van der Waals surface area contributed by atoms with Crippen molar-refractivity contribution in [3.8, 4) is 11.1 Å². The lowest BCUT2D eigenvalue weighted by atomic mass is 10.0. The van der Waals surface area contributed by atoms with Crippen molar-refractivity contribution in [2.75, 3.05) is 25.5 Å². The van der Waals surface area contributed by atoms with Crippen LogP contribution in [0.2, 0.25) is 5.22 Å². The van der Waals surface area contributed by atoms with E-state index in [1.807, 2.05) is 22.0 Å². The fourth-order valence-electron chi connectivity index (χ4n) is 3.52. The standard InChI is InChI=1S/C18H20ClN5O2/c1-11(25)23-5-3-13(4-6-23)24-10-12(8-22-24)15-9-21-18(20-2)17-14(15)7-16(19)26-17/h7-10,13H,3-6H2,1-2H3,(H,20,21). The van der Waals surface area contributed by atoms with Crippen molar-refractivity contribution in [3.05, 3.63) is 29.9 Å². The van der Waals surface area contributed by atoms with Crippen molar-refractivity contribution < 1.29 is 9.21 Å². The molecule has 3 aromatic heterocycles. The summed E-state index contributed by atoms with van der Waals surface area (Å²) in [6.45, 7) is 3.17. The molecule has 0 aromatic carbocycles. The number of pyridine rings is 1. The number of amides is 1. The molecule has 1 fully saturated rings. The van der Waals surface area contributed by atoms with Crippen molar-refractivity contribution in [3.63, 3.8) is 0 Å². The molecule has 0 unspecified atom stereocenters. The van der Waals surface area contributed by atoms with Gasteiger partial charge in [-0.25, -0.2) is 4.98 Å². The van der Waals surface area contributed by atoms with Crippen LogP contribution in [0.1, 0.15) is 25.8 Å². The summed E-state index contributed by atoms with van der Waals surface area (Å²) in [5.41, 5.74) is 2.54. The predicted molar refractivity (Wildman–Crippen MR) is 100 cm³/mol. The lowest BCUT2D eigenvalue weighted by Crippen LogP contribution is -2.37. The number of rotatable bonds is 3. The maximum atomic E-state index is 11.5. The first-order valence-corrected chi connectivity index (χ1v) is 9.00. The van der Waals surface area contributed by atoms with Gasteiger partial charge < -0.3 is 14.6 Å². The number of aromatic nitrogens is 3. The first kappa shape index (κ1) is 16.9. The third kappa shape index (κ3) is 2.92. The Morgan fingerprint density at radius 3 is 2.81 bits per heavy atom. The van der Waals surface area contributed by atoms with Crippen LogP contribution in [0, 0.1) is 0 Å². The number of nitrogens with zero attached hydrogens (tertiary/aromatic N) is 4. The summed E-state index contributed by atoms with van der Waals surface area (Å²) in [4.78, 5) is 17.8. The van der Waals surface area contributed by atoms with Crippen LogP contribution in [0.25, 0.3) is 22.1 Å². The van der Waals surface area contributed by atoms with Crippen LogP contribution >= 0.6 is 11.6 Å². The van der Waals surface area contributed by atoms with Gasteiger partial charge in [-0.15, -0.1) is 0 Å². The zero-order valence-corrected chi connectivity index (χ0v) is 15.5. The molecule has 4 rings (SSSR count). The zero-order chi connectivity index (χ0) is 18.3. The van der Waals surface area contributed by atoms with E-state index in [-0.39, 0.29) is 5.91 Å². The maximum Gasteiger partial charge on any atom is 0.219 e. The Morgan fingerprint density at radius 1 is 1.35 bits per heavy atom. The third-order valence-electron chi connectivity index (χ3n) is 4.96. The molecular formula is C18H20ClN5O2. The molecule has 7 nitrogen and oxygen atoms in total. The van der Waals surface area contributed by atoms with E-state index in [4.69, 9.17) is 16.0 Å². The Labute approximate surface area is 155 Å². The molecule has 1 saturated heterocycles. The molecule has 0 radical (unpaired) electrons. The van der Waals surface area contributed by atoms with E-state index < -0.39 is 0 Å². The average Bonchev–Trinajstić information content (AvgIpc) is 3.27. The van der Waals surface area contributed by atoms with Crippen molar-refractivity contribution in [2.24, 2.45) is 0 Å². The van der Waals surface area contributed by atoms with Gasteiger partial charge in [0, 0.05) is 62.0 Å². The fraction of sp³-hybridized carbons (Fsp3) is 0.389. The lowest BCUT2D eigenvalue weighted by molar-refractivity contribution is -0.130. The Hall–Kier alpha value is -2.54. The SMILES string of the molecule is CNc1ncc(-c2cnn(C3CCN(C(C)=O)CC3)c2)c2cc(Cl)oc12. The molecule has 1 aliphatic heterocycles. The number of carbonyl (C=O) groups excluding carboxylic acids is 1. The summed E-state index contributed by atoms with van der Waals surface area (Å²) in [5.74, 6) is 0.791. The molecule has 8 heteroatoms. The quantitative estimate of drug-likeness (QED) is 0.759. The smallest absolute Gasteiger partial charge is 0.219 e. The van der Waals surface area contributed by atoms with Crippen LogP contribution < -0.4 is 5.32 Å². The highest BCUT2D eigenvalue weighted by atomic mass is 35.5. The largest absolute Gasteiger partial charge is 0.441 e. The second kappa shape index (κ2) is 6.64. The number of carbonyl (C=O) groups is 1. The van der Waals surface area contributed by atoms with Crippen LogP contribution in [-0.4, -0.2) is 45.7 Å². The summed E-state index contributed by atoms with van der Waals surface area (Å²) in [6.07, 6.45) is 7.49. The van der Waals surface area contributed by atoms with Gasteiger partial charge in [0.1, 0.15) is 0 Å². The predicted octanol–water partition coefficient (Wildman–Crippen LogP) is 3.57. The van der Waals surface area contributed by atoms with Crippen molar-refractivity contribution >= 4 is 34.3 Å². The number of piperidine rings is 1. The van der Waals surface area contributed by atoms with E-state index in [1.165, 1.54) is 0 Å². The van der Waals surface area contributed by atoms with Gasteiger partial charge >= 0.3 is 0 Å². The second-order valence-corrected chi connectivity index (χ2v) is 6.88. The monoisotopic (exact) mass is 373 g/mol. The van der Waals surface area contributed by atoms with Gasteiger partial charge in [0.25, 0.3) is 0 Å². The molecule has 0 atom stereocenters. The highest BCUT2D eigenvalue weighted by Crippen LogP contribution is 2.36. The van der Waals surface area contributed by atoms with Gasteiger partial charge in [-0.1, -0.05) is 0 Å². The third-order valence-corrected chi connectivity index (χ3v) is 5.15. The number of fused-ring (bicyclic) bond motifs is 1. The molecule has 26 heavy (non-hydrogen) atoms. The van der Waals surface area contributed by atoms with Gasteiger partial charge in [-0.05, 0) is 24.4 Å². The highest BCUT2D eigenvalue weighted by molar-refractivity contribution is 6.30. The summed E-state index contributed by atoms with van der Waals surface area (Å²) in [7, 11) is 1.79. The molecular weight excluding hydrogens is 354 g/mol. The average molecular weight is 374 g/mol. The first-order chi connectivity index (χ1) is 12.6. The van der Waals surface area contributed by atoms with Crippen LogP contribution in [0.15, 0.2) is 29.1 Å². The molecule has 0 saturated carbocycles. The maximum absolute atomic E-state index is 11.5. The number of nitrogens with one attached hydrogen (secondary N) is 1. The molecule has 1 N–H and O–H groups in total. The highest BCUT2D eigenvalue weighted by Gasteiger charge is 2.23. The van der Waals surface area contributed by atoms with Crippen molar-refractivity contribution in [1.82, 2.24) is 19.7 Å². The van der Waals surface area contributed by atoms with Crippen molar-refractivity contribution in [2.45, 2.75) is 25.8 Å².